The first-order chi connectivity index (χ1) is 34.5. The van der Waals surface area contributed by atoms with E-state index in [1.165, 1.54) is 238 Å². The predicted molar refractivity (Wildman–Crippen MR) is 306 cm³/mol. The van der Waals surface area contributed by atoms with E-state index in [4.69, 9.17) is 4.74 Å². The molecule has 0 saturated heterocycles. The molecule has 0 rings (SSSR count). The van der Waals surface area contributed by atoms with Crippen LogP contribution in [0.5, 0.6) is 0 Å². The zero-order chi connectivity index (χ0) is 50.7. The Morgan fingerprint density at radius 2 is 0.671 bits per heavy atom. The molecule has 0 aromatic rings. The largest absolute Gasteiger partial charge is 0.466 e. The van der Waals surface area contributed by atoms with Crippen LogP contribution in [0.2, 0.25) is 0 Å². The summed E-state index contributed by atoms with van der Waals surface area (Å²) >= 11 is 0. The lowest BCUT2D eigenvalue weighted by atomic mass is 10.0. The van der Waals surface area contributed by atoms with Gasteiger partial charge in [0.05, 0.1) is 25.4 Å². The average molecular weight is 985 g/mol. The summed E-state index contributed by atoms with van der Waals surface area (Å²) in [6.45, 7) is 4.87. The number of rotatable bonds is 58. The maximum atomic E-state index is 12.5. The van der Waals surface area contributed by atoms with E-state index in [9.17, 15) is 19.8 Å². The Hall–Kier alpha value is -1.92. The van der Waals surface area contributed by atoms with Crippen molar-refractivity contribution < 1.29 is 24.5 Å². The molecule has 0 spiro atoms. The summed E-state index contributed by atoms with van der Waals surface area (Å²) in [6, 6.07) is -0.650. The molecule has 0 fully saturated rings. The quantitative estimate of drug-likeness (QED) is 0.0321. The van der Waals surface area contributed by atoms with Crippen molar-refractivity contribution in [2.45, 2.75) is 347 Å². The molecule has 412 valence electrons. The van der Waals surface area contributed by atoms with Gasteiger partial charge in [-0.3, -0.25) is 9.59 Å². The molecule has 0 aromatic heterocycles. The van der Waals surface area contributed by atoms with Gasteiger partial charge in [-0.2, -0.15) is 0 Å². The van der Waals surface area contributed by atoms with Crippen LogP contribution in [0.1, 0.15) is 335 Å². The maximum absolute atomic E-state index is 12.5. The van der Waals surface area contributed by atoms with Crippen molar-refractivity contribution in [3.05, 3.63) is 36.5 Å². The second-order valence-electron chi connectivity index (χ2n) is 21.4. The molecule has 0 aliphatic carbocycles. The van der Waals surface area contributed by atoms with Crippen LogP contribution in [-0.2, 0) is 14.3 Å². The van der Waals surface area contributed by atoms with E-state index >= 15 is 0 Å². The number of amides is 1. The first-order valence-corrected chi connectivity index (χ1v) is 31.3. The SMILES string of the molecule is CCCCCCCC/C=C\CCCCCCCC(=O)OCCCCCCCC/C=C\CCCCCC(=O)NC(CO)C(O)/C=C/CCCCCCCCCCCCCCCCCCCCCCCCC. The van der Waals surface area contributed by atoms with Crippen molar-refractivity contribution in [3.63, 3.8) is 0 Å². The number of carbonyl (C=O) groups excluding carboxylic acids is 2. The van der Waals surface area contributed by atoms with E-state index in [1.54, 1.807) is 6.08 Å². The molecule has 2 unspecified atom stereocenters. The molecule has 6 heteroatoms. The third kappa shape index (κ3) is 55.4. The van der Waals surface area contributed by atoms with Crippen molar-refractivity contribution in [3.8, 4) is 0 Å². The number of allylic oxidation sites excluding steroid dienone is 5. The molecule has 70 heavy (non-hydrogen) atoms. The normalized spacial score (nSPS) is 12.8. The number of ether oxygens (including phenoxy) is 1. The second-order valence-corrected chi connectivity index (χ2v) is 21.4. The molecule has 1 amide bonds. The zero-order valence-corrected chi connectivity index (χ0v) is 47.0. The summed E-state index contributed by atoms with van der Waals surface area (Å²) in [4.78, 5) is 24.5. The van der Waals surface area contributed by atoms with E-state index in [-0.39, 0.29) is 18.5 Å². The Kier molecular flexibility index (Phi) is 58.0. The minimum absolute atomic E-state index is 0.0214. The molecule has 0 aromatic carbocycles. The number of aliphatic hydroxyl groups is 2. The van der Waals surface area contributed by atoms with Crippen LogP contribution in [0.4, 0.5) is 0 Å². The standard InChI is InChI=1S/C64H121NO5/c1-3-5-7-9-11-13-15-17-19-20-21-22-23-24-25-26-27-28-30-32-36-40-44-48-52-56-62(67)61(60-66)65-63(68)57-53-49-45-41-37-33-31-35-39-43-47-51-55-59-70-64(69)58-54-50-46-42-38-34-29-18-16-14-12-10-8-6-4-2/h18,29,33,37,52,56,61-62,66-67H,3-17,19-28,30-32,34-36,38-51,53-55,57-60H2,1-2H3,(H,65,68)/b29-18-,37-33-,56-52+. The van der Waals surface area contributed by atoms with Gasteiger partial charge in [-0.15, -0.1) is 0 Å². The van der Waals surface area contributed by atoms with Crippen LogP contribution in [0, 0.1) is 0 Å². The van der Waals surface area contributed by atoms with Crippen molar-refractivity contribution in [1.29, 1.82) is 0 Å². The van der Waals surface area contributed by atoms with Gasteiger partial charge in [0.1, 0.15) is 0 Å². The van der Waals surface area contributed by atoms with Gasteiger partial charge in [0.15, 0.2) is 0 Å². The predicted octanol–water partition coefficient (Wildman–Crippen LogP) is 19.6. The number of hydrogen-bond donors (Lipinski definition) is 3. The second kappa shape index (κ2) is 59.6. The number of carbonyl (C=O) groups is 2. The molecule has 0 radical (unpaired) electrons. The molecular formula is C64H121NO5. The van der Waals surface area contributed by atoms with Crippen molar-refractivity contribution in [2.75, 3.05) is 13.2 Å². The number of aliphatic hydroxyl groups excluding tert-OH is 2. The fraction of sp³-hybridized carbons (Fsp3) is 0.875. The van der Waals surface area contributed by atoms with Gasteiger partial charge in [0.25, 0.3) is 0 Å². The van der Waals surface area contributed by atoms with Gasteiger partial charge in [0, 0.05) is 12.8 Å². The van der Waals surface area contributed by atoms with Crippen LogP contribution >= 0.6 is 0 Å². The highest BCUT2D eigenvalue weighted by molar-refractivity contribution is 5.76. The Balaban J connectivity index is 3.52. The third-order valence-corrected chi connectivity index (χ3v) is 14.4. The highest BCUT2D eigenvalue weighted by Gasteiger charge is 2.18. The Morgan fingerprint density at radius 1 is 0.386 bits per heavy atom. The van der Waals surface area contributed by atoms with Crippen molar-refractivity contribution in [2.24, 2.45) is 0 Å². The molecule has 6 nitrogen and oxygen atoms in total. The molecular weight excluding hydrogens is 863 g/mol. The number of hydrogen-bond acceptors (Lipinski definition) is 5. The van der Waals surface area contributed by atoms with Crippen LogP contribution in [0.3, 0.4) is 0 Å². The van der Waals surface area contributed by atoms with Crippen molar-refractivity contribution >= 4 is 11.9 Å². The minimum atomic E-state index is -0.864. The van der Waals surface area contributed by atoms with Crippen LogP contribution in [-0.4, -0.2) is 47.4 Å². The lowest BCUT2D eigenvalue weighted by Gasteiger charge is -2.19. The smallest absolute Gasteiger partial charge is 0.305 e. The zero-order valence-electron chi connectivity index (χ0n) is 47.0. The topological polar surface area (TPSA) is 95.9 Å². The number of esters is 1. The highest BCUT2D eigenvalue weighted by Crippen LogP contribution is 2.17. The summed E-state index contributed by atoms with van der Waals surface area (Å²) in [5.74, 6) is -0.117. The average Bonchev–Trinajstić information content (AvgIpc) is 3.36. The van der Waals surface area contributed by atoms with Crippen LogP contribution in [0.25, 0.3) is 0 Å². The van der Waals surface area contributed by atoms with Gasteiger partial charge in [-0.25, -0.2) is 0 Å². The van der Waals surface area contributed by atoms with Crippen LogP contribution in [0.15, 0.2) is 36.5 Å². The summed E-state index contributed by atoms with van der Waals surface area (Å²) in [7, 11) is 0. The number of unbranched alkanes of at least 4 members (excludes halogenated alkanes) is 43. The van der Waals surface area contributed by atoms with E-state index in [0.717, 1.165) is 70.6 Å². The molecule has 3 N–H and O–H groups in total. The summed E-state index contributed by atoms with van der Waals surface area (Å²) < 4.78 is 5.46. The monoisotopic (exact) mass is 984 g/mol. The Morgan fingerprint density at radius 3 is 1.03 bits per heavy atom. The summed E-state index contributed by atoms with van der Waals surface area (Å²) in [5.41, 5.74) is 0. The molecule has 2 atom stereocenters. The lowest BCUT2D eigenvalue weighted by molar-refractivity contribution is -0.143. The first kappa shape index (κ1) is 68.1. The van der Waals surface area contributed by atoms with E-state index in [0.29, 0.717) is 19.4 Å². The molecule has 0 aliphatic heterocycles. The first-order valence-electron chi connectivity index (χ1n) is 31.3. The van der Waals surface area contributed by atoms with Crippen molar-refractivity contribution in [1.82, 2.24) is 5.32 Å². The van der Waals surface area contributed by atoms with Gasteiger partial charge < -0.3 is 20.3 Å². The molecule has 0 saturated carbocycles. The third-order valence-electron chi connectivity index (χ3n) is 14.4. The maximum Gasteiger partial charge on any atom is 0.305 e. The van der Waals surface area contributed by atoms with Gasteiger partial charge in [0.2, 0.25) is 5.91 Å². The fourth-order valence-electron chi connectivity index (χ4n) is 9.57. The van der Waals surface area contributed by atoms with Gasteiger partial charge in [-0.05, 0) is 83.5 Å². The molecule has 0 heterocycles. The lowest BCUT2D eigenvalue weighted by Crippen LogP contribution is -2.45. The number of nitrogens with one attached hydrogen (secondary N) is 1. The Labute approximate surface area is 436 Å². The van der Waals surface area contributed by atoms with E-state index in [1.807, 2.05) is 6.08 Å². The Bertz CT molecular complexity index is 1130. The summed E-state index contributed by atoms with van der Waals surface area (Å²) in [6.07, 6.45) is 74.7. The molecule has 0 aliphatic rings. The fourth-order valence-corrected chi connectivity index (χ4v) is 9.57. The minimum Gasteiger partial charge on any atom is -0.466 e. The van der Waals surface area contributed by atoms with Gasteiger partial charge >= 0.3 is 5.97 Å². The van der Waals surface area contributed by atoms with E-state index in [2.05, 4.69) is 43.5 Å². The molecule has 0 bridgehead atoms. The van der Waals surface area contributed by atoms with Gasteiger partial charge in [-0.1, -0.05) is 275 Å². The highest BCUT2D eigenvalue weighted by atomic mass is 16.5. The van der Waals surface area contributed by atoms with Crippen LogP contribution < -0.4 is 5.32 Å². The van der Waals surface area contributed by atoms with E-state index < -0.39 is 12.1 Å². The summed E-state index contributed by atoms with van der Waals surface area (Å²) in [5, 5.41) is 23.2.